The van der Waals surface area contributed by atoms with Crippen LogP contribution in [0.1, 0.15) is 42.5 Å². The van der Waals surface area contributed by atoms with E-state index in [1.807, 2.05) is 18.2 Å². The molecule has 3 aromatic rings. The minimum absolute atomic E-state index is 0.272. The van der Waals surface area contributed by atoms with Gasteiger partial charge in [0.2, 0.25) is 0 Å². The van der Waals surface area contributed by atoms with Crippen molar-refractivity contribution in [2.24, 2.45) is 0 Å². The molecule has 140 valence electrons. The van der Waals surface area contributed by atoms with E-state index in [9.17, 15) is 4.79 Å². The van der Waals surface area contributed by atoms with Crippen molar-refractivity contribution in [2.75, 3.05) is 13.7 Å². The number of rotatable bonds is 5. The third-order valence-electron chi connectivity index (χ3n) is 5.54. The van der Waals surface area contributed by atoms with Crippen molar-refractivity contribution >= 4 is 11.0 Å². The first-order valence-electron chi connectivity index (χ1n) is 9.61. The van der Waals surface area contributed by atoms with Crippen molar-refractivity contribution in [3.8, 4) is 5.75 Å². The van der Waals surface area contributed by atoms with Crippen LogP contribution in [0.4, 0.5) is 0 Å². The van der Waals surface area contributed by atoms with Gasteiger partial charge in [-0.05, 0) is 60.7 Å². The highest BCUT2D eigenvalue weighted by Gasteiger charge is 2.26. The Hall–Kier alpha value is -2.59. The molecule has 0 amide bonds. The Labute approximate surface area is 159 Å². The summed E-state index contributed by atoms with van der Waals surface area (Å²) in [6.45, 7) is 3.89. The number of hydrogen-bond acceptors (Lipinski definition) is 4. The van der Waals surface area contributed by atoms with Crippen molar-refractivity contribution in [1.82, 2.24) is 4.90 Å². The van der Waals surface area contributed by atoms with E-state index in [-0.39, 0.29) is 5.63 Å². The maximum Gasteiger partial charge on any atom is 0.336 e. The van der Waals surface area contributed by atoms with Crippen LogP contribution in [-0.4, -0.2) is 18.6 Å². The molecule has 2 heterocycles. The molecule has 1 aliphatic rings. The Morgan fingerprint density at radius 3 is 2.70 bits per heavy atom. The molecule has 1 aliphatic heterocycles. The highest BCUT2D eigenvalue weighted by atomic mass is 16.5. The van der Waals surface area contributed by atoms with Gasteiger partial charge in [0.1, 0.15) is 11.3 Å². The summed E-state index contributed by atoms with van der Waals surface area (Å²) in [6, 6.07) is 16.5. The maximum absolute atomic E-state index is 12.1. The van der Waals surface area contributed by atoms with Gasteiger partial charge >= 0.3 is 5.63 Å². The van der Waals surface area contributed by atoms with Crippen LogP contribution < -0.4 is 10.4 Å². The summed E-state index contributed by atoms with van der Waals surface area (Å²) in [4.78, 5) is 14.6. The molecule has 1 saturated heterocycles. The molecule has 27 heavy (non-hydrogen) atoms. The lowest BCUT2D eigenvalue weighted by atomic mass is 10.0. The number of hydrogen-bond donors (Lipinski definition) is 0. The van der Waals surface area contributed by atoms with Crippen molar-refractivity contribution in [2.45, 2.75) is 38.8 Å². The Morgan fingerprint density at radius 1 is 1.15 bits per heavy atom. The highest BCUT2D eigenvalue weighted by Crippen LogP contribution is 2.34. The van der Waals surface area contributed by atoms with Gasteiger partial charge in [-0.3, -0.25) is 4.90 Å². The van der Waals surface area contributed by atoms with Gasteiger partial charge in [0.15, 0.2) is 0 Å². The van der Waals surface area contributed by atoms with Crippen LogP contribution >= 0.6 is 0 Å². The topological polar surface area (TPSA) is 42.7 Å². The molecule has 1 fully saturated rings. The normalized spacial score (nSPS) is 17.5. The van der Waals surface area contributed by atoms with E-state index in [0.29, 0.717) is 11.6 Å². The van der Waals surface area contributed by atoms with E-state index in [4.69, 9.17) is 9.15 Å². The van der Waals surface area contributed by atoms with Crippen LogP contribution in [0.25, 0.3) is 11.0 Å². The van der Waals surface area contributed by atoms with Crippen LogP contribution in [0, 0.1) is 0 Å². The first kappa shape index (κ1) is 17.8. The van der Waals surface area contributed by atoms with Gasteiger partial charge in [-0.2, -0.15) is 0 Å². The monoisotopic (exact) mass is 363 g/mol. The molecule has 4 heteroatoms. The lowest BCUT2D eigenvalue weighted by Gasteiger charge is -2.25. The maximum atomic E-state index is 12.1. The van der Waals surface area contributed by atoms with Crippen molar-refractivity contribution in [1.29, 1.82) is 0 Å². The zero-order chi connectivity index (χ0) is 18.8. The van der Waals surface area contributed by atoms with Gasteiger partial charge in [-0.15, -0.1) is 0 Å². The minimum atomic E-state index is -0.272. The Morgan fingerprint density at radius 2 is 1.96 bits per heavy atom. The fraction of sp³-hybridized carbons (Fsp3) is 0.348. The Kier molecular flexibility index (Phi) is 4.99. The van der Waals surface area contributed by atoms with Crippen LogP contribution in [0.3, 0.4) is 0 Å². The van der Waals surface area contributed by atoms with Gasteiger partial charge < -0.3 is 9.15 Å². The molecular weight excluding hydrogens is 338 g/mol. The molecule has 0 saturated carbocycles. The molecule has 4 rings (SSSR count). The first-order valence-corrected chi connectivity index (χ1v) is 9.61. The third-order valence-corrected chi connectivity index (χ3v) is 5.54. The van der Waals surface area contributed by atoms with E-state index >= 15 is 0 Å². The summed E-state index contributed by atoms with van der Waals surface area (Å²) in [5.41, 5.74) is 3.95. The Bertz CT molecular complexity index is 991. The average Bonchev–Trinajstić information content (AvgIpc) is 3.15. The van der Waals surface area contributed by atoms with Crippen LogP contribution in [-0.2, 0) is 13.0 Å². The number of ether oxygens (including phenoxy) is 1. The summed E-state index contributed by atoms with van der Waals surface area (Å²) in [5.74, 6) is 0.877. The third kappa shape index (κ3) is 3.62. The molecule has 0 N–H and O–H groups in total. The average molecular weight is 363 g/mol. The van der Waals surface area contributed by atoms with E-state index in [1.165, 1.54) is 11.1 Å². The summed E-state index contributed by atoms with van der Waals surface area (Å²) < 4.78 is 10.7. The molecule has 0 bridgehead atoms. The van der Waals surface area contributed by atoms with Gasteiger partial charge in [-0.1, -0.05) is 31.2 Å². The van der Waals surface area contributed by atoms with Gasteiger partial charge in [0, 0.05) is 24.0 Å². The lowest BCUT2D eigenvalue weighted by molar-refractivity contribution is 0.249. The van der Waals surface area contributed by atoms with Crippen LogP contribution in [0.15, 0.2) is 57.7 Å². The van der Waals surface area contributed by atoms with E-state index in [0.717, 1.165) is 49.1 Å². The molecular formula is C23H25NO3. The summed E-state index contributed by atoms with van der Waals surface area (Å²) in [5, 5.41) is 1.03. The number of fused-ring (bicyclic) bond motifs is 1. The van der Waals surface area contributed by atoms with Gasteiger partial charge in [0.05, 0.1) is 7.11 Å². The van der Waals surface area contributed by atoms with E-state index in [2.05, 4.69) is 36.1 Å². The number of nitrogens with zero attached hydrogens (tertiary/aromatic N) is 1. The van der Waals surface area contributed by atoms with Crippen molar-refractivity contribution < 1.29 is 9.15 Å². The first-order chi connectivity index (χ1) is 13.2. The fourth-order valence-corrected chi connectivity index (χ4v) is 4.06. The number of aryl methyl sites for hydroxylation is 1. The van der Waals surface area contributed by atoms with Crippen molar-refractivity contribution in [3.05, 3.63) is 75.6 Å². The van der Waals surface area contributed by atoms with Gasteiger partial charge in [0.25, 0.3) is 0 Å². The molecule has 2 aromatic carbocycles. The molecule has 0 unspecified atom stereocenters. The largest absolute Gasteiger partial charge is 0.497 e. The zero-order valence-electron chi connectivity index (χ0n) is 15.9. The predicted octanol–water partition coefficient (Wildman–Crippen LogP) is 4.70. The second-order valence-corrected chi connectivity index (χ2v) is 7.18. The van der Waals surface area contributed by atoms with Crippen LogP contribution in [0.2, 0.25) is 0 Å². The second-order valence-electron chi connectivity index (χ2n) is 7.18. The second kappa shape index (κ2) is 7.57. The SMILES string of the molecule is CCc1ccc2c(CN3CCC[C@@H]3c3ccc(OC)cc3)cc(=O)oc2c1. The number of benzene rings is 2. The van der Waals surface area contributed by atoms with Crippen LogP contribution in [0.5, 0.6) is 5.75 Å². The Balaban J connectivity index is 1.65. The molecule has 4 nitrogen and oxygen atoms in total. The highest BCUT2D eigenvalue weighted by molar-refractivity contribution is 5.80. The fourth-order valence-electron chi connectivity index (χ4n) is 4.06. The standard InChI is InChI=1S/C23H25NO3/c1-3-16-6-11-20-18(14-23(25)27-22(20)13-16)15-24-12-4-5-21(24)17-7-9-19(26-2)10-8-17/h6-11,13-14,21H,3-5,12,15H2,1-2H3/t21-/m1/s1. The quantitative estimate of drug-likeness (QED) is 0.616. The predicted molar refractivity (Wildman–Crippen MR) is 107 cm³/mol. The molecule has 0 aliphatic carbocycles. The molecule has 1 atom stereocenters. The number of methoxy groups -OCH3 is 1. The van der Waals surface area contributed by atoms with E-state index in [1.54, 1.807) is 13.2 Å². The van der Waals surface area contributed by atoms with Gasteiger partial charge in [-0.25, -0.2) is 4.79 Å². The summed E-state index contributed by atoms with van der Waals surface area (Å²) >= 11 is 0. The zero-order valence-corrected chi connectivity index (χ0v) is 15.9. The molecule has 0 spiro atoms. The molecule has 1 aromatic heterocycles. The lowest BCUT2D eigenvalue weighted by Crippen LogP contribution is -2.23. The molecule has 0 radical (unpaired) electrons. The smallest absolute Gasteiger partial charge is 0.336 e. The van der Waals surface area contributed by atoms with E-state index < -0.39 is 0 Å². The number of likely N-dealkylation sites (tertiary alicyclic amines) is 1. The summed E-state index contributed by atoms with van der Waals surface area (Å²) in [6.07, 6.45) is 3.22. The minimum Gasteiger partial charge on any atom is -0.497 e. The van der Waals surface area contributed by atoms with Crippen molar-refractivity contribution in [3.63, 3.8) is 0 Å². The summed E-state index contributed by atoms with van der Waals surface area (Å²) in [7, 11) is 1.69.